The number of ether oxygens (including phenoxy) is 2. The van der Waals surface area contributed by atoms with Crippen molar-refractivity contribution < 1.29 is 9.47 Å². The van der Waals surface area contributed by atoms with E-state index in [1.807, 2.05) is 25.1 Å². The molecule has 3 unspecified atom stereocenters. The Bertz CT molecular complexity index is 411. The van der Waals surface area contributed by atoms with Crippen molar-refractivity contribution in [3.63, 3.8) is 0 Å². The van der Waals surface area contributed by atoms with Crippen LogP contribution >= 0.6 is 15.9 Å². The van der Waals surface area contributed by atoms with Crippen LogP contribution in [-0.2, 0) is 4.74 Å². The van der Waals surface area contributed by atoms with Crippen LogP contribution < -0.4 is 10.5 Å². The van der Waals surface area contributed by atoms with Crippen molar-refractivity contribution in [1.29, 1.82) is 0 Å². The van der Waals surface area contributed by atoms with Crippen LogP contribution in [0, 0.1) is 5.92 Å². The maximum absolute atomic E-state index is 6.32. The van der Waals surface area contributed by atoms with E-state index in [1.165, 1.54) is 0 Å². The molecule has 0 aromatic heterocycles. The van der Waals surface area contributed by atoms with Gasteiger partial charge in [-0.05, 0) is 37.0 Å². The van der Waals surface area contributed by atoms with Crippen LogP contribution in [0.3, 0.4) is 0 Å². The molecule has 1 fully saturated rings. The quantitative estimate of drug-likeness (QED) is 0.927. The van der Waals surface area contributed by atoms with Crippen LogP contribution in [0.15, 0.2) is 22.7 Å². The summed E-state index contributed by atoms with van der Waals surface area (Å²) in [5.74, 6) is 1.37. The number of hydrogen-bond acceptors (Lipinski definition) is 3. The van der Waals surface area contributed by atoms with E-state index in [0.29, 0.717) is 12.5 Å². The van der Waals surface area contributed by atoms with Gasteiger partial charge in [-0.15, -0.1) is 0 Å². The molecule has 4 heteroatoms. The predicted molar refractivity (Wildman–Crippen MR) is 75.8 cm³/mol. The van der Waals surface area contributed by atoms with Gasteiger partial charge in [0, 0.05) is 11.1 Å². The van der Waals surface area contributed by atoms with Gasteiger partial charge in [0.1, 0.15) is 5.75 Å². The molecule has 0 aliphatic carbocycles. The van der Waals surface area contributed by atoms with Crippen LogP contribution in [0.2, 0.25) is 0 Å². The van der Waals surface area contributed by atoms with E-state index < -0.39 is 0 Å². The number of nitrogens with two attached hydrogens (primary N) is 1. The van der Waals surface area contributed by atoms with Crippen molar-refractivity contribution in [1.82, 2.24) is 0 Å². The van der Waals surface area contributed by atoms with Crippen LogP contribution in [-0.4, -0.2) is 19.3 Å². The minimum atomic E-state index is -0.0902. The Kier molecular flexibility index (Phi) is 4.65. The lowest BCUT2D eigenvalue weighted by molar-refractivity contribution is 0.0723. The Balaban J connectivity index is 2.17. The number of hydrogen-bond donors (Lipinski definition) is 1. The molecule has 1 aliphatic heterocycles. The summed E-state index contributed by atoms with van der Waals surface area (Å²) in [5, 5.41) is 0. The smallest absolute Gasteiger partial charge is 0.120 e. The molecule has 1 heterocycles. The third kappa shape index (κ3) is 2.87. The van der Waals surface area contributed by atoms with E-state index in [-0.39, 0.29) is 12.1 Å². The van der Waals surface area contributed by atoms with Gasteiger partial charge >= 0.3 is 0 Å². The van der Waals surface area contributed by atoms with Gasteiger partial charge in [-0.25, -0.2) is 0 Å². The number of rotatable bonds is 4. The first kappa shape index (κ1) is 13.8. The molecule has 18 heavy (non-hydrogen) atoms. The molecule has 0 bridgehead atoms. The number of halogens is 1. The van der Waals surface area contributed by atoms with E-state index in [2.05, 4.69) is 22.9 Å². The Morgan fingerprint density at radius 3 is 2.89 bits per heavy atom. The lowest BCUT2D eigenvalue weighted by atomic mass is 9.93. The average molecular weight is 314 g/mol. The molecule has 1 saturated heterocycles. The molecule has 0 radical (unpaired) electrons. The summed E-state index contributed by atoms with van der Waals surface area (Å²) in [4.78, 5) is 0. The van der Waals surface area contributed by atoms with Gasteiger partial charge in [-0.2, -0.15) is 0 Å². The van der Waals surface area contributed by atoms with Gasteiger partial charge in [0.15, 0.2) is 0 Å². The lowest BCUT2D eigenvalue weighted by Gasteiger charge is -2.24. The Morgan fingerprint density at radius 2 is 2.33 bits per heavy atom. The lowest BCUT2D eigenvalue weighted by Crippen LogP contribution is -2.30. The van der Waals surface area contributed by atoms with Gasteiger partial charge in [0.2, 0.25) is 0 Å². The van der Waals surface area contributed by atoms with E-state index in [9.17, 15) is 0 Å². The fourth-order valence-corrected chi connectivity index (χ4v) is 3.01. The van der Waals surface area contributed by atoms with Gasteiger partial charge in [-0.3, -0.25) is 0 Å². The summed E-state index contributed by atoms with van der Waals surface area (Å²) < 4.78 is 12.2. The second kappa shape index (κ2) is 6.04. The van der Waals surface area contributed by atoms with Gasteiger partial charge in [-0.1, -0.05) is 28.9 Å². The van der Waals surface area contributed by atoms with Crippen molar-refractivity contribution in [3.8, 4) is 5.75 Å². The van der Waals surface area contributed by atoms with Crippen molar-refractivity contribution in [2.45, 2.75) is 32.4 Å². The molecule has 3 nitrogen and oxygen atoms in total. The molecule has 0 spiro atoms. The molecular formula is C14H20BrNO2. The van der Waals surface area contributed by atoms with Crippen LogP contribution in [0.25, 0.3) is 0 Å². The Labute approximate surface area is 117 Å². The highest BCUT2D eigenvalue weighted by Gasteiger charge is 2.31. The van der Waals surface area contributed by atoms with Crippen molar-refractivity contribution in [3.05, 3.63) is 28.2 Å². The van der Waals surface area contributed by atoms with Crippen LogP contribution in [0.5, 0.6) is 5.75 Å². The van der Waals surface area contributed by atoms with Crippen molar-refractivity contribution in [2.24, 2.45) is 11.7 Å². The van der Waals surface area contributed by atoms with Crippen molar-refractivity contribution >= 4 is 15.9 Å². The summed E-state index contributed by atoms with van der Waals surface area (Å²) in [6, 6.07) is 5.86. The molecule has 100 valence electrons. The first-order valence-electron chi connectivity index (χ1n) is 6.43. The minimum absolute atomic E-state index is 0.0902. The highest BCUT2D eigenvalue weighted by Crippen LogP contribution is 2.34. The van der Waals surface area contributed by atoms with Crippen molar-refractivity contribution in [2.75, 3.05) is 13.2 Å². The molecule has 0 amide bonds. The topological polar surface area (TPSA) is 44.5 Å². The van der Waals surface area contributed by atoms with Gasteiger partial charge < -0.3 is 15.2 Å². The second-order valence-electron chi connectivity index (χ2n) is 4.74. The molecule has 0 saturated carbocycles. The molecule has 2 rings (SSSR count). The fraction of sp³-hybridized carbons (Fsp3) is 0.571. The summed E-state index contributed by atoms with van der Waals surface area (Å²) in [6.07, 6.45) is 1.20. The monoisotopic (exact) mass is 313 g/mol. The molecule has 1 aliphatic rings. The largest absolute Gasteiger partial charge is 0.494 e. The SMILES string of the molecule is CCOc1ccc(C(N)C2OCCC2C)c(Br)c1. The highest BCUT2D eigenvalue weighted by molar-refractivity contribution is 9.10. The first-order valence-corrected chi connectivity index (χ1v) is 7.22. The molecule has 1 aromatic carbocycles. The Morgan fingerprint density at radius 1 is 1.56 bits per heavy atom. The van der Waals surface area contributed by atoms with Gasteiger partial charge in [0.25, 0.3) is 0 Å². The zero-order chi connectivity index (χ0) is 13.1. The maximum atomic E-state index is 6.32. The summed E-state index contributed by atoms with van der Waals surface area (Å²) in [5.41, 5.74) is 7.40. The zero-order valence-corrected chi connectivity index (χ0v) is 12.4. The van der Waals surface area contributed by atoms with Crippen LogP contribution in [0.4, 0.5) is 0 Å². The normalized spacial score (nSPS) is 25.1. The average Bonchev–Trinajstić information content (AvgIpc) is 2.75. The van der Waals surface area contributed by atoms with E-state index in [1.54, 1.807) is 0 Å². The standard InChI is InChI=1S/C14H20BrNO2/c1-3-17-10-4-5-11(12(15)8-10)13(16)14-9(2)6-7-18-14/h4-5,8-9,13-14H,3,6-7,16H2,1-2H3. The molecule has 3 atom stereocenters. The van der Waals surface area contributed by atoms with E-state index in [0.717, 1.165) is 28.8 Å². The second-order valence-corrected chi connectivity index (χ2v) is 5.60. The minimum Gasteiger partial charge on any atom is -0.494 e. The van der Waals surface area contributed by atoms with E-state index in [4.69, 9.17) is 15.2 Å². The molecule has 2 N–H and O–H groups in total. The fourth-order valence-electron chi connectivity index (χ4n) is 2.39. The van der Waals surface area contributed by atoms with Gasteiger partial charge in [0.05, 0.1) is 18.8 Å². The number of benzene rings is 1. The third-order valence-corrected chi connectivity index (χ3v) is 4.13. The first-order chi connectivity index (χ1) is 8.63. The molecule has 1 aromatic rings. The zero-order valence-electron chi connectivity index (χ0n) is 10.9. The predicted octanol–water partition coefficient (Wildman–Crippen LogP) is 3.27. The summed E-state index contributed by atoms with van der Waals surface area (Å²) in [6.45, 7) is 5.65. The molecular weight excluding hydrogens is 294 g/mol. The van der Waals surface area contributed by atoms with Crippen LogP contribution in [0.1, 0.15) is 31.9 Å². The summed E-state index contributed by atoms with van der Waals surface area (Å²) in [7, 11) is 0. The Hall–Kier alpha value is -0.580. The third-order valence-electron chi connectivity index (χ3n) is 3.44. The highest BCUT2D eigenvalue weighted by atomic mass is 79.9. The maximum Gasteiger partial charge on any atom is 0.120 e. The van der Waals surface area contributed by atoms with E-state index >= 15 is 0 Å². The summed E-state index contributed by atoms with van der Waals surface area (Å²) >= 11 is 3.57.